The zero-order valence-electron chi connectivity index (χ0n) is 6.87. The minimum atomic E-state index is -3.77. The highest BCUT2D eigenvalue weighted by molar-refractivity contribution is 9.10. The molecule has 0 saturated heterocycles. The van der Waals surface area contributed by atoms with Gasteiger partial charge in [-0.3, -0.25) is 0 Å². The molecule has 0 unspecified atom stereocenters. The number of hydrogen-bond acceptors (Lipinski definition) is 3. The molecule has 0 atom stereocenters. The minimum absolute atomic E-state index is 0.0103. The lowest BCUT2D eigenvalue weighted by Crippen LogP contribution is -1.97. The summed E-state index contributed by atoms with van der Waals surface area (Å²) < 4.78 is 22.9. The Morgan fingerprint density at radius 3 is 2.64 bits per heavy atom. The van der Waals surface area contributed by atoms with Gasteiger partial charge in [-0.05, 0) is 23.8 Å². The number of halogens is 2. The van der Waals surface area contributed by atoms with E-state index in [-0.39, 0.29) is 11.3 Å². The smallest absolute Gasteiger partial charge is 0.207 e. The summed E-state index contributed by atoms with van der Waals surface area (Å²) in [6.07, 6.45) is 0.0146. The summed E-state index contributed by atoms with van der Waals surface area (Å²) in [5, 5.41) is 8.50. The van der Waals surface area contributed by atoms with Gasteiger partial charge in [-0.25, -0.2) is 8.42 Å². The predicted molar refractivity (Wildman–Crippen MR) is 56.5 cm³/mol. The molecular weight excluding hydrogens is 290 g/mol. The van der Waals surface area contributed by atoms with Crippen molar-refractivity contribution in [3.05, 3.63) is 28.2 Å². The van der Waals surface area contributed by atoms with E-state index in [1.54, 1.807) is 12.1 Å². The van der Waals surface area contributed by atoms with E-state index >= 15 is 0 Å². The van der Waals surface area contributed by atoms with E-state index in [4.69, 9.17) is 15.9 Å². The van der Waals surface area contributed by atoms with Gasteiger partial charge in [0.05, 0.1) is 17.4 Å². The summed E-state index contributed by atoms with van der Waals surface area (Å²) in [6.45, 7) is 0. The van der Waals surface area contributed by atoms with Crippen molar-refractivity contribution in [1.82, 2.24) is 0 Å². The second-order valence-corrected chi connectivity index (χ2v) is 5.97. The number of benzene rings is 1. The lowest BCUT2D eigenvalue weighted by molar-refractivity contribution is 0.609. The average Bonchev–Trinajstić information content (AvgIpc) is 2.02. The standard InChI is InChI=1S/C8H5BrClNO2S/c9-7-1-2-8(14(10,12)13)6(5-7)3-4-11/h1-2,5H,3H2. The van der Waals surface area contributed by atoms with Gasteiger partial charge in [-0.15, -0.1) is 0 Å². The van der Waals surface area contributed by atoms with Gasteiger partial charge in [0.1, 0.15) is 0 Å². The second-order valence-electron chi connectivity index (χ2n) is 2.52. The van der Waals surface area contributed by atoms with Crippen molar-refractivity contribution in [3.63, 3.8) is 0 Å². The maximum absolute atomic E-state index is 11.1. The van der Waals surface area contributed by atoms with Crippen molar-refractivity contribution < 1.29 is 8.42 Å². The Balaban J connectivity index is 3.38. The quantitative estimate of drug-likeness (QED) is 0.787. The van der Waals surface area contributed by atoms with Gasteiger partial charge >= 0.3 is 0 Å². The molecule has 74 valence electrons. The molecule has 0 aliphatic heterocycles. The largest absolute Gasteiger partial charge is 0.261 e. The predicted octanol–water partition coefficient (Wildman–Crippen LogP) is 2.44. The van der Waals surface area contributed by atoms with Crippen molar-refractivity contribution in [2.45, 2.75) is 11.3 Å². The third-order valence-corrected chi connectivity index (χ3v) is 3.47. The van der Waals surface area contributed by atoms with Gasteiger partial charge in [0, 0.05) is 15.2 Å². The molecule has 0 N–H and O–H groups in total. The van der Waals surface area contributed by atoms with Crippen molar-refractivity contribution in [3.8, 4) is 6.07 Å². The van der Waals surface area contributed by atoms with Crippen molar-refractivity contribution in [2.24, 2.45) is 0 Å². The molecule has 0 aliphatic carbocycles. The molecule has 1 aromatic carbocycles. The van der Waals surface area contributed by atoms with E-state index < -0.39 is 9.05 Å². The SMILES string of the molecule is N#CCc1cc(Br)ccc1S(=O)(=O)Cl. The molecule has 0 bridgehead atoms. The molecule has 0 heterocycles. The van der Waals surface area contributed by atoms with Crippen molar-refractivity contribution in [2.75, 3.05) is 0 Å². The highest BCUT2D eigenvalue weighted by Gasteiger charge is 2.15. The number of hydrogen-bond donors (Lipinski definition) is 0. The summed E-state index contributed by atoms with van der Waals surface area (Å²) >= 11 is 3.19. The number of nitriles is 1. The van der Waals surface area contributed by atoms with Crippen LogP contribution in [0.4, 0.5) is 0 Å². The molecule has 0 spiro atoms. The lowest BCUT2D eigenvalue weighted by Gasteiger charge is -2.03. The molecule has 1 rings (SSSR count). The van der Waals surface area contributed by atoms with Crippen LogP contribution >= 0.6 is 26.6 Å². The van der Waals surface area contributed by atoms with E-state index in [1.807, 2.05) is 6.07 Å². The van der Waals surface area contributed by atoms with E-state index in [1.165, 1.54) is 6.07 Å². The Morgan fingerprint density at radius 2 is 2.14 bits per heavy atom. The van der Waals surface area contributed by atoms with Crippen molar-refractivity contribution in [1.29, 1.82) is 5.26 Å². The average molecular weight is 295 g/mol. The van der Waals surface area contributed by atoms with Gasteiger partial charge < -0.3 is 0 Å². The summed E-state index contributed by atoms with van der Waals surface area (Å²) in [7, 11) is 1.43. The first-order valence-corrected chi connectivity index (χ1v) is 6.65. The fourth-order valence-electron chi connectivity index (χ4n) is 1.01. The van der Waals surface area contributed by atoms with Crippen LogP contribution in [0.25, 0.3) is 0 Å². The van der Waals surface area contributed by atoms with Gasteiger partial charge in [0.2, 0.25) is 0 Å². The first kappa shape index (κ1) is 11.5. The van der Waals surface area contributed by atoms with E-state index in [9.17, 15) is 8.42 Å². The Kier molecular flexibility index (Phi) is 3.53. The van der Waals surface area contributed by atoms with Crippen LogP contribution in [0.5, 0.6) is 0 Å². The van der Waals surface area contributed by atoms with Crippen LogP contribution in [-0.2, 0) is 15.5 Å². The Bertz CT molecular complexity index is 493. The summed E-state index contributed by atoms with van der Waals surface area (Å²) in [5.41, 5.74) is 0.400. The molecule has 0 fully saturated rings. The van der Waals surface area contributed by atoms with Gasteiger partial charge in [-0.1, -0.05) is 15.9 Å². The lowest BCUT2D eigenvalue weighted by atomic mass is 10.2. The first-order valence-electron chi connectivity index (χ1n) is 3.55. The molecule has 6 heteroatoms. The summed E-state index contributed by atoms with van der Waals surface area (Å²) in [4.78, 5) is -0.0103. The van der Waals surface area contributed by atoms with Crippen molar-refractivity contribution >= 4 is 35.7 Å². The topological polar surface area (TPSA) is 57.9 Å². The second kappa shape index (κ2) is 4.30. The highest BCUT2D eigenvalue weighted by atomic mass is 79.9. The number of rotatable bonds is 2. The van der Waals surface area contributed by atoms with Crippen LogP contribution in [0.1, 0.15) is 5.56 Å². The van der Waals surface area contributed by atoms with Crippen LogP contribution in [0.2, 0.25) is 0 Å². The maximum atomic E-state index is 11.1. The third-order valence-electron chi connectivity index (χ3n) is 1.55. The normalized spacial score (nSPS) is 10.9. The Hall–Kier alpha value is -0.570. The van der Waals surface area contributed by atoms with E-state index in [0.29, 0.717) is 10.0 Å². The van der Waals surface area contributed by atoms with Gasteiger partial charge in [0.15, 0.2) is 0 Å². The Labute approximate surface area is 94.9 Å². The zero-order valence-corrected chi connectivity index (χ0v) is 10.0. The molecule has 0 aromatic heterocycles. The molecule has 0 saturated carbocycles. The summed E-state index contributed by atoms with van der Waals surface area (Å²) in [5.74, 6) is 0. The third kappa shape index (κ3) is 2.71. The molecule has 0 radical (unpaired) electrons. The van der Waals surface area contributed by atoms with E-state index in [2.05, 4.69) is 15.9 Å². The molecule has 3 nitrogen and oxygen atoms in total. The summed E-state index contributed by atoms with van der Waals surface area (Å²) in [6, 6.07) is 6.39. The van der Waals surface area contributed by atoms with Gasteiger partial charge in [0.25, 0.3) is 9.05 Å². The molecule has 0 aliphatic rings. The molecule has 1 aromatic rings. The monoisotopic (exact) mass is 293 g/mol. The van der Waals surface area contributed by atoms with Crippen LogP contribution in [0, 0.1) is 11.3 Å². The molecule has 0 amide bonds. The highest BCUT2D eigenvalue weighted by Crippen LogP contribution is 2.23. The fraction of sp³-hybridized carbons (Fsp3) is 0.125. The van der Waals surface area contributed by atoms with Crippen LogP contribution < -0.4 is 0 Å². The zero-order chi connectivity index (χ0) is 10.8. The van der Waals surface area contributed by atoms with Crippen LogP contribution in [0.3, 0.4) is 0 Å². The van der Waals surface area contributed by atoms with Crippen LogP contribution in [-0.4, -0.2) is 8.42 Å². The fourth-order valence-corrected chi connectivity index (χ4v) is 2.54. The van der Waals surface area contributed by atoms with E-state index in [0.717, 1.165) is 0 Å². The maximum Gasteiger partial charge on any atom is 0.261 e. The molecular formula is C8H5BrClNO2S. The first-order chi connectivity index (χ1) is 6.45. The minimum Gasteiger partial charge on any atom is -0.207 e. The molecule has 14 heavy (non-hydrogen) atoms. The van der Waals surface area contributed by atoms with Crippen LogP contribution in [0.15, 0.2) is 27.6 Å². The number of nitrogens with zero attached hydrogens (tertiary/aromatic N) is 1. The van der Waals surface area contributed by atoms with Gasteiger partial charge in [-0.2, -0.15) is 5.26 Å². The Morgan fingerprint density at radius 1 is 1.50 bits per heavy atom.